The van der Waals surface area contributed by atoms with Crippen molar-refractivity contribution < 1.29 is 9.59 Å². The van der Waals surface area contributed by atoms with Crippen molar-refractivity contribution in [2.24, 2.45) is 5.92 Å². The number of carbonyl (C=O) groups excluding carboxylic acids is 2. The molecule has 1 aliphatic carbocycles. The maximum Gasteiger partial charge on any atom is 0.245 e. The Morgan fingerprint density at radius 2 is 2.14 bits per heavy atom. The number of amides is 2. The van der Waals surface area contributed by atoms with Gasteiger partial charge in [-0.2, -0.15) is 5.10 Å². The van der Waals surface area contributed by atoms with Crippen molar-refractivity contribution in [3.8, 4) is 0 Å². The van der Waals surface area contributed by atoms with Crippen LogP contribution in [0.2, 0.25) is 0 Å². The molecule has 1 saturated heterocycles. The highest BCUT2D eigenvalue weighted by atomic mass is 16.2. The van der Waals surface area contributed by atoms with Gasteiger partial charge in [0.05, 0.1) is 6.54 Å². The molecule has 1 unspecified atom stereocenters. The first-order valence-electron chi connectivity index (χ1n) is 7.53. The Kier molecular flexibility index (Phi) is 3.65. The van der Waals surface area contributed by atoms with Crippen LogP contribution in [0.3, 0.4) is 0 Å². The van der Waals surface area contributed by atoms with E-state index in [2.05, 4.69) is 15.4 Å². The molecule has 1 saturated carbocycles. The van der Waals surface area contributed by atoms with Crippen molar-refractivity contribution in [3.63, 3.8) is 0 Å². The average Bonchev–Trinajstić information content (AvgIpc) is 3.19. The summed E-state index contributed by atoms with van der Waals surface area (Å²) in [4.78, 5) is 30.4. The van der Waals surface area contributed by atoms with E-state index in [1.165, 1.54) is 6.33 Å². The van der Waals surface area contributed by atoms with Gasteiger partial charge in [-0.25, -0.2) is 9.67 Å². The second-order valence-corrected chi connectivity index (χ2v) is 6.11. The molecular formula is C14H21N5O2. The summed E-state index contributed by atoms with van der Waals surface area (Å²) >= 11 is 0. The maximum absolute atomic E-state index is 12.6. The van der Waals surface area contributed by atoms with E-state index in [4.69, 9.17) is 0 Å². The lowest BCUT2D eigenvalue weighted by atomic mass is 10.1. The van der Waals surface area contributed by atoms with Gasteiger partial charge >= 0.3 is 0 Å². The second-order valence-electron chi connectivity index (χ2n) is 6.11. The van der Waals surface area contributed by atoms with Crippen LogP contribution < -0.4 is 5.32 Å². The topological polar surface area (TPSA) is 80.1 Å². The number of hydrogen-bond donors (Lipinski definition) is 1. The van der Waals surface area contributed by atoms with E-state index < -0.39 is 0 Å². The Bertz CT molecular complexity index is 549. The Labute approximate surface area is 123 Å². The number of aromatic nitrogens is 3. The lowest BCUT2D eigenvalue weighted by Gasteiger charge is -2.24. The minimum atomic E-state index is -0.351. The smallest absolute Gasteiger partial charge is 0.245 e. The molecule has 7 heteroatoms. The van der Waals surface area contributed by atoms with Crippen LogP contribution in [0.5, 0.6) is 0 Å². The van der Waals surface area contributed by atoms with Gasteiger partial charge in [0.25, 0.3) is 0 Å². The predicted octanol–water partition coefficient (Wildman–Crippen LogP) is 0.486. The summed E-state index contributed by atoms with van der Waals surface area (Å²) in [5.41, 5.74) is 0. The zero-order chi connectivity index (χ0) is 15.0. The van der Waals surface area contributed by atoms with Crippen LogP contribution in [0.25, 0.3) is 0 Å². The fraction of sp³-hybridized carbons (Fsp3) is 0.714. The third kappa shape index (κ3) is 2.91. The summed E-state index contributed by atoms with van der Waals surface area (Å²) in [5.74, 6) is 1.06. The van der Waals surface area contributed by atoms with Crippen LogP contribution in [0.4, 0.5) is 0 Å². The first-order chi connectivity index (χ1) is 10.1. The first kappa shape index (κ1) is 14.0. The molecule has 1 aromatic rings. The summed E-state index contributed by atoms with van der Waals surface area (Å²) in [6.07, 6.45) is 3.91. The molecule has 3 rings (SSSR count). The van der Waals surface area contributed by atoms with Crippen LogP contribution in [0.15, 0.2) is 6.33 Å². The fourth-order valence-electron chi connectivity index (χ4n) is 2.75. The van der Waals surface area contributed by atoms with E-state index >= 15 is 0 Å². The Hall–Kier alpha value is -1.92. The van der Waals surface area contributed by atoms with Crippen molar-refractivity contribution in [3.05, 3.63) is 12.2 Å². The SMILES string of the molecule is CC(C)n1ncnc1CN1CCC(=O)NC(C2CC2)C1=O. The van der Waals surface area contributed by atoms with E-state index in [9.17, 15) is 9.59 Å². The molecule has 0 spiro atoms. The number of carbonyl (C=O) groups is 2. The summed E-state index contributed by atoms with van der Waals surface area (Å²) in [5, 5.41) is 7.06. The van der Waals surface area contributed by atoms with Crippen LogP contribution in [0, 0.1) is 5.92 Å². The summed E-state index contributed by atoms with van der Waals surface area (Å²) in [7, 11) is 0. The van der Waals surface area contributed by atoms with Gasteiger partial charge in [-0.3, -0.25) is 9.59 Å². The zero-order valence-electron chi connectivity index (χ0n) is 12.5. The zero-order valence-corrected chi connectivity index (χ0v) is 12.5. The molecule has 2 fully saturated rings. The highest BCUT2D eigenvalue weighted by molar-refractivity contribution is 5.90. The van der Waals surface area contributed by atoms with Gasteiger partial charge in [-0.05, 0) is 32.6 Å². The van der Waals surface area contributed by atoms with Crippen molar-refractivity contribution in [2.75, 3.05) is 6.54 Å². The molecule has 1 N–H and O–H groups in total. The van der Waals surface area contributed by atoms with Crippen molar-refractivity contribution >= 4 is 11.8 Å². The summed E-state index contributed by atoms with van der Waals surface area (Å²) in [6, 6.07) is -0.154. The van der Waals surface area contributed by atoms with E-state index in [0.717, 1.165) is 18.7 Å². The number of hydrogen-bond acceptors (Lipinski definition) is 4. The second kappa shape index (κ2) is 5.46. The molecule has 21 heavy (non-hydrogen) atoms. The van der Waals surface area contributed by atoms with Crippen LogP contribution in [0.1, 0.15) is 45.0 Å². The van der Waals surface area contributed by atoms with Gasteiger partial charge in [-0.1, -0.05) is 0 Å². The molecule has 2 amide bonds. The van der Waals surface area contributed by atoms with Gasteiger partial charge in [0.15, 0.2) is 0 Å². The Morgan fingerprint density at radius 3 is 2.81 bits per heavy atom. The van der Waals surface area contributed by atoms with E-state index in [1.54, 1.807) is 4.90 Å². The number of nitrogens with one attached hydrogen (secondary N) is 1. The van der Waals surface area contributed by atoms with Crippen molar-refractivity contribution in [2.45, 2.75) is 51.7 Å². The van der Waals surface area contributed by atoms with Gasteiger partial charge in [0.1, 0.15) is 18.2 Å². The third-order valence-electron chi connectivity index (χ3n) is 4.07. The largest absolute Gasteiger partial charge is 0.344 e. The molecule has 7 nitrogen and oxygen atoms in total. The summed E-state index contributed by atoms with van der Waals surface area (Å²) < 4.78 is 1.82. The fourth-order valence-corrected chi connectivity index (χ4v) is 2.75. The van der Waals surface area contributed by atoms with Crippen molar-refractivity contribution in [1.29, 1.82) is 0 Å². The molecule has 114 valence electrons. The van der Waals surface area contributed by atoms with Crippen molar-refractivity contribution in [1.82, 2.24) is 25.0 Å². The third-order valence-corrected chi connectivity index (χ3v) is 4.07. The molecular weight excluding hydrogens is 270 g/mol. The molecule has 2 aliphatic rings. The lowest BCUT2D eigenvalue weighted by Crippen LogP contribution is -2.46. The van der Waals surface area contributed by atoms with Gasteiger partial charge in [-0.15, -0.1) is 0 Å². The maximum atomic E-state index is 12.6. The molecule has 1 aromatic heterocycles. The number of rotatable bonds is 4. The first-order valence-corrected chi connectivity index (χ1v) is 7.53. The van der Waals surface area contributed by atoms with E-state index in [-0.39, 0.29) is 23.9 Å². The monoisotopic (exact) mass is 291 g/mol. The highest BCUT2D eigenvalue weighted by Gasteiger charge is 2.41. The minimum Gasteiger partial charge on any atom is -0.344 e. The lowest BCUT2D eigenvalue weighted by molar-refractivity contribution is -0.134. The predicted molar refractivity (Wildman–Crippen MR) is 75.1 cm³/mol. The van der Waals surface area contributed by atoms with Crippen LogP contribution in [-0.2, 0) is 16.1 Å². The van der Waals surface area contributed by atoms with Gasteiger partial charge < -0.3 is 10.2 Å². The molecule has 2 heterocycles. The minimum absolute atomic E-state index is 0.0154. The molecule has 1 aliphatic heterocycles. The average molecular weight is 291 g/mol. The molecule has 0 bridgehead atoms. The number of nitrogens with zero attached hydrogens (tertiary/aromatic N) is 4. The highest BCUT2D eigenvalue weighted by Crippen LogP contribution is 2.34. The molecule has 0 aromatic carbocycles. The molecule has 0 radical (unpaired) electrons. The van der Waals surface area contributed by atoms with Gasteiger partial charge in [0.2, 0.25) is 11.8 Å². The molecule has 1 atom stereocenters. The van der Waals surface area contributed by atoms with E-state index in [0.29, 0.717) is 25.4 Å². The quantitative estimate of drug-likeness (QED) is 0.875. The van der Waals surface area contributed by atoms with Crippen LogP contribution in [-0.4, -0.2) is 44.1 Å². The normalized spacial score (nSPS) is 23.4. The standard InChI is InChI=1S/C14H21N5O2/c1-9(2)19-11(15-8-16-19)7-18-6-5-12(20)17-13(14(18)21)10-3-4-10/h8-10,13H,3-7H2,1-2H3,(H,17,20). The Balaban J connectivity index is 1.78. The Morgan fingerprint density at radius 1 is 1.38 bits per heavy atom. The van der Waals surface area contributed by atoms with Gasteiger partial charge in [0, 0.05) is 19.0 Å². The van der Waals surface area contributed by atoms with E-state index in [1.807, 2.05) is 18.5 Å². The summed E-state index contributed by atoms with van der Waals surface area (Å²) in [6.45, 7) is 4.91. The van der Waals surface area contributed by atoms with Crippen LogP contribution >= 0.6 is 0 Å².